The van der Waals surface area contributed by atoms with E-state index in [2.05, 4.69) is 26.1 Å². The van der Waals surface area contributed by atoms with Crippen LogP contribution in [0.25, 0.3) is 0 Å². The van der Waals surface area contributed by atoms with Crippen molar-refractivity contribution < 1.29 is 8.42 Å². The molecule has 2 unspecified atom stereocenters. The van der Waals surface area contributed by atoms with E-state index in [-0.39, 0.29) is 16.7 Å². The molecule has 0 aromatic carbocycles. The standard InChI is InChI=1S/C12H25NO2S/c1-5-13-11(12(2,3)4)10-8-6-7-9-16(10,14)15/h10-11,13H,5-9H2,1-4H3. The minimum Gasteiger partial charge on any atom is -0.312 e. The Labute approximate surface area is 99.9 Å². The minimum atomic E-state index is -2.89. The molecule has 1 aliphatic heterocycles. The molecule has 1 saturated heterocycles. The zero-order chi connectivity index (χ0) is 12.4. The van der Waals surface area contributed by atoms with Crippen LogP contribution in [0, 0.1) is 5.41 Å². The van der Waals surface area contributed by atoms with Crippen molar-refractivity contribution in [3.05, 3.63) is 0 Å². The molecule has 3 nitrogen and oxygen atoms in total. The van der Waals surface area contributed by atoms with Gasteiger partial charge in [0.1, 0.15) is 0 Å². The molecule has 2 atom stereocenters. The van der Waals surface area contributed by atoms with Crippen molar-refractivity contribution in [1.29, 1.82) is 0 Å². The smallest absolute Gasteiger partial charge is 0.154 e. The van der Waals surface area contributed by atoms with Crippen molar-refractivity contribution in [3.63, 3.8) is 0 Å². The van der Waals surface area contributed by atoms with Gasteiger partial charge < -0.3 is 5.32 Å². The van der Waals surface area contributed by atoms with Gasteiger partial charge in [-0.3, -0.25) is 0 Å². The maximum absolute atomic E-state index is 12.1. The second-order valence-corrected chi connectivity index (χ2v) is 8.14. The normalized spacial score (nSPS) is 27.6. The van der Waals surface area contributed by atoms with Gasteiger partial charge >= 0.3 is 0 Å². The summed E-state index contributed by atoms with van der Waals surface area (Å²) in [6.07, 6.45) is 2.70. The Balaban J connectivity index is 2.93. The summed E-state index contributed by atoms with van der Waals surface area (Å²) in [7, 11) is -2.89. The molecule has 4 heteroatoms. The molecule has 1 aliphatic rings. The van der Waals surface area contributed by atoms with E-state index in [1.54, 1.807) is 0 Å². The largest absolute Gasteiger partial charge is 0.312 e. The van der Waals surface area contributed by atoms with Crippen molar-refractivity contribution in [1.82, 2.24) is 5.32 Å². The summed E-state index contributed by atoms with van der Waals surface area (Å²) in [5, 5.41) is 3.18. The van der Waals surface area contributed by atoms with Gasteiger partial charge in [-0.25, -0.2) is 8.42 Å². The summed E-state index contributed by atoms with van der Waals surface area (Å²) < 4.78 is 24.2. The predicted molar refractivity (Wildman–Crippen MR) is 68.3 cm³/mol. The molecule has 0 aromatic rings. The third kappa shape index (κ3) is 3.20. The second kappa shape index (κ2) is 5.05. The molecule has 0 radical (unpaired) electrons. The second-order valence-electron chi connectivity index (χ2n) is 5.80. The van der Waals surface area contributed by atoms with E-state index in [0.29, 0.717) is 5.75 Å². The fourth-order valence-electron chi connectivity index (χ4n) is 2.57. The topological polar surface area (TPSA) is 46.2 Å². The van der Waals surface area contributed by atoms with Gasteiger partial charge in [0.25, 0.3) is 0 Å². The number of nitrogens with one attached hydrogen (secondary N) is 1. The van der Waals surface area contributed by atoms with Crippen LogP contribution in [-0.2, 0) is 9.84 Å². The molecule has 0 spiro atoms. The van der Waals surface area contributed by atoms with Crippen LogP contribution in [0.5, 0.6) is 0 Å². The highest BCUT2D eigenvalue weighted by Crippen LogP contribution is 2.31. The number of rotatable bonds is 3. The molecule has 1 N–H and O–H groups in total. The molecule has 0 bridgehead atoms. The molecule has 0 aromatic heterocycles. The summed E-state index contributed by atoms with van der Waals surface area (Å²) in [6.45, 7) is 9.21. The fourth-order valence-corrected chi connectivity index (χ4v) is 4.92. The molecular weight excluding hydrogens is 222 g/mol. The Hall–Kier alpha value is -0.0900. The quantitative estimate of drug-likeness (QED) is 0.829. The first-order chi connectivity index (χ1) is 7.29. The van der Waals surface area contributed by atoms with Crippen molar-refractivity contribution in [2.45, 2.75) is 58.2 Å². The molecule has 1 rings (SSSR count). The maximum Gasteiger partial charge on any atom is 0.154 e. The van der Waals surface area contributed by atoms with Crippen molar-refractivity contribution in [2.75, 3.05) is 12.3 Å². The van der Waals surface area contributed by atoms with Gasteiger partial charge in [0, 0.05) is 6.04 Å². The Morgan fingerprint density at radius 3 is 2.38 bits per heavy atom. The summed E-state index contributed by atoms with van der Waals surface area (Å²) in [4.78, 5) is 0. The average Bonchev–Trinajstić information content (AvgIpc) is 2.13. The molecule has 16 heavy (non-hydrogen) atoms. The third-order valence-corrected chi connectivity index (χ3v) is 5.65. The number of hydrogen-bond donors (Lipinski definition) is 1. The van der Waals surface area contributed by atoms with E-state index in [0.717, 1.165) is 25.8 Å². The molecule has 96 valence electrons. The van der Waals surface area contributed by atoms with Gasteiger partial charge in [0.15, 0.2) is 9.84 Å². The Bertz CT molecular complexity index is 316. The first kappa shape index (κ1) is 14.0. The number of hydrogen-bond acceptors (Lipinski definition) is 3. The maximum atomic E-state index is 12.1. The van der Waals surface area contributed by atoms with Gasteiger partial charge in [-0.1, -0.05) is 34.1 Å². The summed E-state index contributed by atoms with van der Waals surface area (Å²) >= 11 is 0. The summed E-state index contributed by atoms with van der Waals surface area (Å²) in [5.41, 5.74) is -0.00884. The summed E-state index contributed by atoms with van der Waals surface area (Å²) in [6, 6.07) is 0.0720. The lowest BCUT2D eigenvalue weighted by molar-refractivity contribution is 0.251. The van der Waals surface area contributed by atoms with E-state index in [9.17, 15) is 8.42 Å². The molecule has 0 aliphatic carbocycles. The van der Waals surface area contributed by atoms with Crippen LogP contribution in [0.3, 0.4) is 0 Å². The highest BCUT2D eigenvalue weighted by atomic mass is 32.2. The van der Waals surface area contributed by atoms with Crippen LogP contribution < -0.4 is 5.32 Å². The van der Waals surface area contributed by atoms with Crippen LogP contribution in [0.1, 0.15) is 47.0 Å². The van der Waals surface area contributed by atoms with Crippen LogP contribution in [0.4, 0.5) is 0 Å². The van der Waals surface area contributed by atoms with Gasteiger partial charge in [-0.2, -0.15) is 0 Å². The highest BCUT2D eigenvalue weighted by molar-refractivity contribution is 7.92. The van der Waals surface area contributed by atoms with Gasteiger partial charge in [-0.15, -0.1) is 0 Å². The molecule has 1 heterocycles. The van der Waals surface area contributed by atoms with E-state index >= 15 is 0 Å². The predicted octanol–water partition coefficient (Wildman–Crippen LogP) is 1.98. The molecule has 1 fully saturated rings. The average molecular weight is 247 g/mol. The monoisotopic (exact) mass is 247 g/mol. The van der Waals surface area contributed by atoms with Crippen molar-refractivity contribution in [2.24, 2.45) is 5.41 Å². The van der Waals surface area contributed by atoms with E-state index in [4.69, 9.17) is 0 Å². The van der Waals surface area contributed by atoms with Crippen molar-refractivity contribution >= 4 is 9.84 Å². The zero-order valence-corrected chi connectivity index (χ0v) is 11.7. The Kier molecular flexibility index (Phi) is 4.41. The van der Waals surface area contributed by atoms with E-state index in [1.165, 1.54) is 0 Å². The lowest BCUT2D eigenvalue weighted by Gasteiger charge is -2.39. The molecule has 0 amide bonds. The van der Waals surface area contributed by atoms with Gasteiger partial charge in [0.05, 0.1) is 11.0 Å². The summed E-state index contributed by atoms with van der Waals surface area (Å²) in [5.74, 6) is 0.371. The Morgan fingerprint density at radius 2 is 1.94 bits per heavy atom. The minimum absolute atomic E-state index is 0.00884. The lowest BCUT2D eigenvalue weighted by Crippen LogP contribution is -2.53. The van der Waals surface area contributed by atoms with Gasteiger partial charge in [-0.05, 0) is 24.8 Å². The van der Waals surface area contributed by atoms with Crippen molar-refractivity contribution in [3.8, 4) is 0 Å². The molecular formula is C12H25NO2S. The third-order valence-electron chi connectivity index (χ3n) is 3.36. The number of sulfone groups is 1. The van der Waals surface area contributed by atoms with E-state index < -0.39 is 9.84 Å². The lowest BCUT2D eigenvalue weighted by atomic mass is 9.83. The zero-order valence-electron chi connectivity index (χ0n) is 10.9. The van der Waals surface area contributed by atoms with Crippen LogP contribution in [0.2, 0.25) is 0 Å². The highest BCUT2D eigenvalue weighted by Gasteiger charge is 2.40. The first-order valence-electron chi connectivity index (χ1n) is 6.24. The van der Waals surface area contributed by atoms with E-state index in [1.807, 2.05) is 6.92 Å². The van der Waals surface area contributed by atoms with Gasteiger partial charge in [0.2, 0.25) is 0 Å². The van der Waals surface area contributed by atoms with Crippen LogP contribution in [-0.4, -0.2) is 32.0 Å². The molecule has 0 saturated carbocycles. The Morgan fingerprint density at radius 1 is 1.31 bits per heavy atom. The van der Waals surface area contributed by atoms with Crippen LogP contribution >= 0.6 is 0 Å². The fraction of sp³-hybridized carbons (Fsp3) is 1.00. The first-order valence-corrected chi connectivity index (χ1v) is 7.95. The van der Waals surface area contributed by atoms with Crippen LogP contribution in [0.15, 0.2) is 0 Å². The SMILES string of the molecule is CCNC(C1CCCCS1(=O)=O)C(C)(C)C.